The van der Waals surface area contributed by atoms with Crippen molar-refractivity contribution < 1.29 is 4.79 Å². The fourth-order valence-corrected chi connectivity index (χ4v) is 2.88. The van der Waals surface area contributed by atoms with E-state index in [0.717, 1.165) is 5.56 Å². The van der Waals surface area contributed by atoms with Gasteiger partial charge in [0, 0.05) is 23.5 Å². The molecule has 0 radical (unpaired) electrons. The van der Waals surface area contributed by atoms with E-state index in [9.17, 15) is 10.1 Å². The molecule has 1 aromatic heterocycles. The van der Waals surface area contributed by atoms with E-state index < -0.39 is 5.78 Å². The Morgan fingerprint density at radius 3 is 2.15 bits per heavy atom. The average molecular weight is 380 g/mol. The summed E-state index contributed by atoms with van der Waals surface area (Å²) < 4.78 is 0. The largest absolute Gasteiger partial charge is 0.288 e. The maximum absolute atomic E-state index is 12.6. The number of allylic oxidation sites excluding steroid dienone is 1. The predicted molar refractivity (Wildman–Crippen MR) is 102 cm³/mol. The molecule has 0 unspecified atom stereocenters. The smallest absolute Gasteiger partial charge is 0.206 e. The zero-order chi connectivity index (χ0) is 18.5. The minimum atomic E-state index is -0.546. The minimum Gasteiger partial charge on any atom is -0.288 e. The van der Waals surface area contributed by atoms with Crippen LogP contribution in [0.2, 0.25) is 10.0 Å². The first-order chi connectivity index (χ1) is 12.6. The van der Waals surface area contributed by atoms with E-state index in [1.165, 1.54) is 6.08 Å². The van der Waals surface area contributed by atoms with Gasteiger partial charge in [0.2, 0.25) is 5.78 Å². The number of nitriles is 1. The van der Waals surface area contributed by atoms with Crippen LogP contribution < -0.4 is 0 Å². The van der Waals surface area contributed by atoms with Crippen molar-refractivity contribution in [3.8, 4) is 17.5 Å². The summed E-state index contributed by atoms with van der Waals surface area (Å²) in [5.41, 5.74) is 1.40. The second-order valence-electron chi connectivity index (χ2n) is 5.30. The molecule has 3 rings (SSSR count). The Balaban J connectivity index is 1.92. The van der Waals surface area contributed by atoms with Gasteiger partial charge in [0.25, 0.3) is 0 Å². The molecule has 0 aliphatic heterocycles. The highest BCUT2D eigenvalue weighted by Gasteiger charge is 2.19. The highest BCUT2D eigenvalue weighted by atomic mass is 35.5. The van der Waals surface area contributed by atoms with Gasteiger partial charge in [-0.15, -0.1) is 0 Å². The molecule has 26 heavy (non-hydrogen) atoms. The second-order valence-corrected chi connectivity index (χ2v) is 6.12. The van der Waals surface area contributed by atoms with Crippen LogP contribution in [0.15, 0.2) is 66.5 Å². The Hall–Kier alpha value is -3.00. The quantitative estimate of drug-likeness (QED) is 0.353. The number of hydrogen-bond donors (Lipinski definition) is 0. The third-order valence-corrected chi connectivity index (χ3v) is 4.20. The fraction of sp³-hybridized carbons (Fsp3) is 0. The van der Waals surface area contributed by atoms with Crippen molar-refractivity contribution in [3.63, 3.8) is 0 Å². The number of aromatic nitrogens is 2. The number of Topliss-reactive ketones (excluding diaryl/α,β-unsaturated/α-hetero) is 1. The molecule has 0 N–H and O–H groups in total. The van der Waals surface area contributed by atoms with Gasteiger partial charge in [-0.1, -0.05) is 59.6 Å². The van der Waals surface area contributed by atoms with Crippen molar-refractivity contribution in [2.45, 2.75) is 0 Å². The first-order valence-corrected chi connectivity index (χ1v) is 8.33. The third kappa shape index (κ3) is 3.80. The summed E-state index contributed by atoms with van der Waals surface area (Å²) in [5, 5.41) is 9.75. The summed E-state index contributed by atoms with van der Waals surface area (Å²) in [4.78, 5) is 21.2. The second kappa shape index (κ2) is 7.92. The number of ketones is 1. The van der Waals surface area contributed by atoms with Gasteiger partial charge in [0.15, 0.2) is 5.82 Å². The number of hydrogen-bond acceptors (Lipinski definition) is 4. The average Bonchev–Trinajstić information content (AvgIpc) is 2.67. The van der Waals surface area contributed by atoms with Gasteiger partial charge >= 0.3 is 0 Å². The molecular weight excluding hydrogens is 369 g/mol. The minimum absolute atomic E-state index is 0.101. The predicted octanol–water partition coefficient (Wildman–Crippen LogP) is 5.24. The number of halogens is 2. The summed E-state index contributed by atoms with van der Waals surface area (Å²) in [7, 11) is 0. The number of carbonyl (C=O) groups is 1. The topological polar surface area (TPSA) is 66.6 Å². The SMILES string of the molecule is N#C/C(=C\c1cnc(-c2ccccc2)nc1)C(=O)c1c(Cl)cccc1Cl. The maximum Gasteiger partial charge on any atom is 0.206 e. The van der Waals surface area contributed by atoms with Gasteiger partial charge in [0.05, 0.1) is 15.6 Å². The summed E-state index contributed by atoms with van der Waals surface area (Å²) in [6, 6.07) is 16.1. The number of benzene rings is 2. The molecule has 0 saturated carbocycles. The number of nitrogens with zero attached hydrogens (tertiary/aromatic N) is 3. The van der Waals surface area contributed by atoms with Crippen LogP contribution in [0.3, 0.4) is 0 Å². The molecule has 0 spiro atoms. The lowest BCUT2D eigenvalue weighted by Crippen LogP contribution is -2.04. The molecule has 0 aliphatic rings. The molecule has 0 saturated heterocycles. The van der Waals surface area contributed by atoms with Gasteiger partial charge in [-0.2, -0.15) is 5.26 Å². The van der Waals surface area contributed by atoms with Crippen LogP contribution in [0.5, 0.6) is 0 Å². The van der Waals surface area contributed by atoms with Crippen LogP contribution >= 0.6 is 23.2 Å². The zero-order valence-corrected chi connectivity index (χ0v) is 14.9. The van der Waals surface area contributed by atoms with E-state index in [4.69, 9.17) is 23.2 Å². The van der Waals surface area contributed by atoms with E-state index >= 15 is 0 Å². The highest BCUT2D eigenvalue weighted by molar-refractivity contribution is 6.41. The zero-order valence-electron chi connectivity index (χ0n) is 13.4. The van der Waals surface area contributed by atoms with E-state index in [2.05, 4.69) is 9.97 Å². The Labute approximate surface area is 160 Å². The fourth-order valence-electron chi connectivity index (χ4n) is 2.31. The van der Waals surface area contributed by atoms with Gasteiger partial charge in [0.1, 0.15) is 11.6 Å². The van der Waals surface area contributed by atoms with Crippen LogP contribution in [-0.2, 0) is 0 Å². The molecule has 0 fully saturated rings. The Kier molecular flexibility index (Phi) is 5.43. The summed E-state index contributed by atoms with van der Waals surface area (Å²) >= 11 is 12.1. The van der Waals surface area contributed by atoms with Crippen LogP contribution in [0, 0.1) is 11.3 Å². The Bertz CT molecular complexity index is 1000. The molecule has 6 heteroatoms. The summed E-state index contributed by atoms with van der Waals surface area (Å²) in [6.45, 7) is 0. The van der Waals surface area contributed by atoms with Gasteiger partial charge in [-0.3, -0.25) is 4.79 Å². The van der Waals surface area contributed by atoms with E-state index in [1.54, 1.807) is 30.6 Å². The summed E-state index contributed by atoms with van der Waals surface area (Å²) in [5.74, 6) is 0.0111. The van der Waals surface area contributed by atoms with Gasteiger partial charge in [-0.05, 0) is 18.2 Å². The molecular formula is C20H11Cl2N3O. The van der Waals surface area contributed by atoms with Crippen molar-refractivity contribution in [3.05, 3.63) is 87.7 Å². The Morgan fingerprint density at radius 2 is 1.58 bits per heavy atom. The van der Waals surface area contributed by atoms with Crippen LogP contribution in [-0.4, -0.2) is 15.8 Å². The molecule has 0 amide bonds. The maximum atomic E-state index is 12.6. The van der Waals surface area contributed by atoms with Crippen LogP contribution in [0.25, 0.3) is 17.5 Å². The van der Waals surface area contributed by atoms with Crippen molar-refractivity contribution >= 4 is 35.1 Å². The van der Waals surface area contributed by atoms with Crippen molar-refractivity contribution in [2.75, 3.05) is 0 Å². The first kappa shape index (κ1) is 17.8. The van der Waals surface area contributed by atoms with Gasteiger partial charge in [-0.25, -0.2) is 9.97 Å². The van der Waals surface area contributed by atoms with Crippen LogP contribution in [0.4, 0.5) is 0 Å². The van der Waals surface area contributed by atoms with Crippen molar-refractivity contribution in [2.24, 2.45) is 0 Å². The summed E-state index contributed by atoms with van der Waals surface area (Å²) in [6.07, 6.45) is 4.51. The van der Waals surface area contributed by atoms with Crippen molar-refractivity contribution in [1.29, 1.82) is 5.26 Å². The standard InChI is InChI=1S/C20H11Cl2N3O/c21-16-7-4-8-17(22)18(16)19(26)15(10-23)9-13-11-24-20(25-12-13)14-5-2-1-3-6-14/h1-9,11-12H/b15-9+. The lowest BCUT2D eigenvalue weighted by molar-refractivity contribution is 0.104. The normalized spacial score (nSPS) is 11.0. The molecule has 0 aliphatic carbocycles. The molecule has 3 aromatic rings. The van der Waals surface area contributed by atoms with Crippen LogP contribution in [0.1, 0.15) is 15.9 Å². The number of carbonyl (C=O) groups excluding carboxylic acids is 1. The highest BCUT2D eigenvalue weighted by Crippen LogP contribution is 2.27. The lowest BCUT2D eigenvalue weighted by Gasteiger charge is -2.05. The van der Waals surface area contributed by atoms with E-state index in [0.29, 0.717) is 11.4 Å². The molecule has 0 atom stereocenters. The number of rotatable bonds is 4. The molecule has 0 bridgehead atoms. The monoisotopic (exact) mass is 379 g/mol. The Morgan fingerprint density at radius 1 is 0.962 bits per heavy atom. The van der Waals surface area contributed by atoms with Crippen molar-refractivity contribution in [1.82, 2.24) is 9.97 Å². The first-order valence-electron chi connectivity index (χ1n) is 7.58. The molecule has 1 heterocycles. The van der Waals surface area contributed by atoms with Gasteiger partial charge < -0.3 is 0 Å². The lowest BCUT2D eigenvalue weighted by atomic mass is 10.0. The molecule has 4 nitrogen and oxygen atoms in total. The van der Waals surface area contributed by atoms with E-state index in [-0.39, 0.29) is 21.2 Å². The van der Waals surface area contributed by atoms with E-state index in [1.807, 2.05) is 36.4 Å². The third-order valence-electron chi connectivity index (χ3n) is 3.57. The molecule has 2 aromatic carbocycles. The molecule has 126 valence electrons.